The summed E-state index contributed by atoms with van der Waals surface area (Å²) in [4.78, 5) is 21.9. The first kappa shape index (κ1) is 14.2. The van der Waals surface area contributed by atoms with E-state index in [9.17, 15) is 9.59 Å². The van der Waals surface area contributed by atoms with Crippen molar-refractivity contribution in [3.8, 4) is 0 Å². The fourth-order valence-electron chi connectivity index (χ4n) is 0.953. The largest absolute Gasteiger partial charge is 0.327 e. The summed E-state index contributed by atoms with van der Waals surface area (Å²) in [5.41, 5.74) is 1.01. The monoisotopic (exact) mass is 222 g/mol. The molecule has 4 nitrogen and oxygen atoms in total. The summed E-state index contributed by atoms with van der Waals surface area (Å²) in [6.45, 7) is 8.98. The lowest BCUT2D eigenvalue weighted by molar-refractivity contribution is -0.123. The van der Waals surface area contributed by atoms with Crippen LogP contribution in [0.15, 0.2) is 36.2 Å². The molecule has 0 saturated carbocycles. The number of carbonyl (C=O) groups excluding carboxylic acids is 2. The van der Waals surface area contributed by atoms with Crippen molar-refractivity contribution in [1.82, 2.24) is 10.6 Å². The molecule has 88 valence electrons. The van der Waals surface area contributed by atoms with Crippen molar-refractivity contribution in [1.29, 1.82) is 0 Å². The number of amides is 2. The van der Waals surface area contributed by atoms with Crippen LogP contribution >= 0.6 is 0 Å². The van der Waals surface area contributed by atoms with E-state index in [-0.39, 0.29) is 11.8 Å². The van der Waals surface area contributed by atoms with E-state index in [1.54, 1.807) is 26.0 Å². The quantitative estimate of drug-likeness (QED) is 0.528. The SMILES string of the molecule is C=C/C(NC=O)=C(\C=C/C)NC(=O)C(C)C. The number of hydrogen-bond donors (Lipinski definition) is 2. The fraction of sp³-hybridized carbons (Fsp3) is 0.333. The van der Waals surface area contributed by atoms with Crippen LogP contribution in [0.3, 0.4) is 0 Å². The molecule has 0 aromatic carbocycles. The Labute approximate surface area is 96.1 Å². The molecule has 16 heavy (non-hydrogen) atoms. The highest BCUT2D eigenvalue weighted by Crippen LogP contribution is 2.03. The van der Waals surface area contributed by atoms with Gasteiger partial charge in [-0.3, -0.25) is 9.59 Å². The Bertz CT molecular complexity index is 328. The topological polar surface area (TPSA) is 58.2 Å². The zero-order valence-corrected chi connectivity index (χ0v) is 9.91. The van der Waals surface area contributed by atoms with Crippen molar-refractivity contribution in [2.24, 2.45) is 5.92 Å². The molecular formula is C12H18N2O2. The summed E-state index contributed by atoms with van der Waals surface area (Å²) in [6, 6.07) is 0. The van der Waals surface area contributed by atoms with Crippen molar-refractivity contribution in [3.63, 3.8) is 0 Å². The smallest absolute Gasteiger partial charge is 0.226 e. The Hall–Kier alpha value is -1.84. The summed E-state index contributed by atoms with van der Waals surface area (Å²) in [5.74, 6) is -0.234. The molecule has 0 aliphatic carbocycles. The van der Waals surface area contributed by atoms with Crippen LogP contribution < -0.4 is 10.6 Å². The molecule has 0 radical (unpaired) electrons. The Balaban J connectivity index is 5.03. The van der Waals surface area contributed by atoms with Gasteiger partial charge in [0.15, 0.2) is 0 Å². The van der Waals surface area contributed by atoms with Gasteiger partial charge < -0.3 is 10.6 Å². The van der Waals surface area contributed by atoms with Gasteiger partial charge in [0, 0.05) is 5.92 Å². The zero-order chi connectivity index (χ0) is 12.6. The lowest BCUT2D eigenvalue weighted by Gasteiger charge is -2.11. The lowest BCUT2D eigenvalue weighted by atomic mass is 10.2. The minimum Gasteiger partial charge on any atom is -0.327 e. The van der Waals surface area contributed by atoms with Gasteiger partial charge in [0.2, 0.25) is 12.3 Å². The van der Waals surface area contributed by atoms with Crippen molar-refractivity contribution < 1.29 is 9.59 Å². The van der Waals surface area contributed by atoms with Crippen molar-refractivity contribution in [2.75, 3.05) is 0 Å². The number of allylic oxidation sites excluding steroid dienone is 3. The Kier molecular flexibility index (Phi) is 6.59. The minimum absolute atomic E-state index is 0.111. The number of rotatable bonds is 6. The number of carbonyl (C=O) groups is 2. The Morgan fingerprint density at radius 3 is 2.31 bits per heavy atom. The Morgan fingerprint density at radius 2 is 1.94 bits per heavy atom. The molecule has 2 amide bonds. The molecule has 0 fully saturated rings. The number of nitrogens with one attached hydrogen (secondary N) is 2. The normalized spacial score (nSPS) is 12.2. The Morgan fingerprint density at radius 1 is 1.31 bits per heavy atom. The van der Waals surface area contributed by atoms with Crippen LogP contribution in [0.4, 0.5) is 0 Å². The average Bonchev–Trinajstić information content (AvgIpc) is 2.25. The van der Waals surface area contributed by atoms with Crippen LogP contribution in [0.2, 0.25) is 0 Å². The van der Waals surface area contributed by atoms with Crippen molar-refractivity contribution >= 4 is 12.3 Å². The number of hydrogen-bond acceptors (Lipinski definition) is 2. The highest BCUT2D eigenvalue weighted by atomic mass is 16.2. The molecule has 0 aliphatic rings. The second-order valence-electron chi connectivity index (χ2n) is 3.44. The summed E-state index contributed by atoms with van der Waals surface area (Å²) in [7, 11) is 0. The van der Waals surface area contributed by atoms with Crippen LogP contribution in [0.25, 0.3) is 0 Å². The molecule has 0 aliphatic heterocycles. The third kappa shape index (κ3) is 4.59. The highest BCUT2D eigenvalue weighted by Gasteiger charge is 2.09. The van der Waals surface area contributed by atoms with Crippen LogP contribution in [-0.4, -0.2) is 12.3 Å². The molecule has 0 atom stereocenters. The predicted molar refractivity (Wildman–Crippen MR) is 64.2 cm³/mol. The van der Waals surface area contributed by atoms with Crippen LogP contribution in [0.1, 0.15) is 20.8 Å². The predicted octanol–water partition coefficient (Wildman–Crippen LogP) is 1.48. The molecule has 0 heterocycles. The first-order valence-electron chi connectivity index (χ1n) is 5.07. The van der Waals surface area contributed by atoms with E-state index in [2.05, 4.69) is 17.2 Å². The molecular weight excluding hydrogens is 204 g/mol. The van der Waals surface area contributed by atoms with E-state index in [4.69, 9.17) is 0 Å². The van der Waals surface area contributed by atoms with E-state index in [1.807, 2.05) is 6.92 Å². The second kappa shape index (κ2) is 7.45. The van der Waals surface area contributed by atoms with Gasteiger partial charge in [-0.1, -0.05) is 26.5 Å². The molecule has 4 heteroatoms. The molecule has 0 rings (SSSR count). The molecule has 0 unspecified atom stereocenters. The first-order valence-corrected chi connectivity index (χ1v) is 5.07. The summed E-state index contributed by atoms with van der Waals surface area (Å²) < 4.78 is 0. The first-order chi connectivity index (χ1) is 7.56. The summed E-state index contributed by atoms with van der Waals surface area (Å²) >= 11 is 0. The minimum atomic E-state index is -0.123. The molecule has 0 aromatic heterocycles. The van der Waals surface area contributed by atoms with E-state index in [0.717, 1.165) is 0 Å². The molecule has 0 saturated heterocycles. The van der Waals surface area contributed by atoms with Gasteiger partial charge in [0.05, 0.1) is 11.4 Å². The van der Waals surface area contributed by atoms with Gasteiger partial charge in [-0.25, -0.2) is 0 Å². The zero-order valence-electron chi connectivity index (χ0n) is 9.91. The van der Waals surface area contributed by atoms with Gasteiger partial charge >= 0.3 is 0 Å². The molecule has 0 aromatic rings. The van der Waals surface area contributed by atoms with E-state index in [0.29, 0.717) is 17.8 Å². The highest BCUT2D eigenvalue weighted by molar-refractivity contribution is 5.80. The standard InChI is InChI=1S/C12H18N2O2/c1-5-7-11(10(6-2)13-8-15)14-12(16)9(3)4/h5-9H,2H2,1,3-4H3,(H,13,15)(H,14,16)/b7-5-,11-10-. The van der Waals surface area contributed by atoms with Crippen LogP contribution in [0.5, 0.6) is 0 Å². The van der Waals surface area contributed by atoms with E-state index >= 15 is 0 Å². The molecule has 0 spiro atoms. The maximum atomic E-state index is 11.5. The maximum Gasteiger partial charge on any atom is 0.226 e. The van der Waals surface area contributed by atoms with Crippen LogP contribution in [-0.2, 0) is 9.59 Å². The molecule has 2 N–H and O–H groups in total. The second-order valence-corrected chi connectivity index (χ2v) is 3.44. The third-order valence-electron chi connectivity index (χ3n) is 1.82. The summed E-state index contributed by atoms with van der Waals surface area (Å²) in [5, 5.41) is 5.19. The van der Waals surface area contributed by atoms with Gasteiger partial charge in [-0.2, -0.15) is 0 Å². The van der Waals surface area contributed by atoms with Crippen LogP contribution in [0, 0.1) is 5.92 Å². The van der Waals surface area contributed by atoms with Gasteiger partial charge in [-0.15, -0.1) is 0 Å². The van der Waals surface area contributed by atoms with E-state index in [1.165, 1.54) is 6.08 Å². The van der Waals surface area contributed by atoms with Gasteiger partial charge in [0.1, 0.15) is 0 Å². The van der Waals surface area contributed by atoms with Gasteiger partial charge in [-0.05, 0) is 19.1 Å². The van der Waals surface area contributed by atoms with Crippen molar-refractivity contribution in [3.05, 3.63) is 36.2 Å². The van der Waals surface area contributed by atoms with Crippen molar-refractivity contribution in [2.45, 2.75) is 20.8 Å². The lowest BCUT2D eigenvalue weighted by Crippen LogP contribution is -2.29. The van der Waals surface area contributed by atoms with Gasteiger partial charge in [0.25, 0.3) is 0 Å². The molecule has 0 bridgehead atoms. The maximum absolute atomic E-state index is 11.5. The average molecular weight is 222 g/mol. The third-order valence-corrected chi connectivity index (χ3v) is 1.82. The summed E-state index contributed by atoms with van der Waals surface area (Å²) in [6.07, 6.45) is 5.49. The van der Waals surface area contributed by atoms with E-state index < -0.39 is 0 Å². The fourth-order valence-corrected chi connectivity index (χ4v) is 0.953.